The largest absolute Gasteiger partial charge is 0.480 e. The molecule has 8 heteroatoms. The first-order valence-electron chi connectivity index (χ1n) is 8.56. The zero-order chi connectivity index (χ0) is 19.4. The zero-order valence-corrected chi connectivity index (χ0v) is 16.5. The van der Waals surface area contributed by atoms with E-state index >= 15 is 0 Å². The van der Waals surface area contributed by atoms with Gasteiger partial charge in [0.25, 0.3) is 11.8 Å². The molecule has 27 heavy (non-hydrogen) atoms. The molecule has 0 aliphatic carbocycles. The number of carbonyl (C=O) groups is 2. The maximum Gasteiger partial charge on any atom is 0.265 e. The number of aromatic nitrogens is 1. The topological polar surface area (TPSA) is 80.3 Å². The van der Waals surface area contributed by atoms with Crippen molar-refractivity contribution in [1.82, 2.24) is 15.6 Å². The number of benzene rings is 1. The third-order valence-electron chi connectivity index (χ3n) is 4.12. The first-order valence-corrected chi connectivity index (χ1v) is 9.76. The molecule has 0 saturated heterocycles. The number of hydrogen-bond donors (Lipinski definition) is 2. The average Bonchev–Trinajstić information content (AvgIpc) is 3.07. The molecule has 0 radical (unpaired) electrons. The minimum Gasteiger partial charge on any atom is -0.480 e. The van der Waals surface area contributed by atoms with Crippen molar-refractivity contribution in [3.8, 4) is 5.75 Å². The van der Waals surface area contributed by atoms with Crippen LogP contribution in [0.1, 0.15) is 33.1 Å². The Balaban J connectivity index is 1.43. The Morgan fingerprint density at radius 2 is 2.26 bits per heavy atom. The quantitative estimate of drug-likeness (QED) is 0.773. The Kier molecular flexibility index (Phi) is 6.13. The van der Waals surface area contributed by atoms with E-state index in [4.69, 9.17) is 16.3 Å². The molecule has 142 valence electrons. The summed E-state index contributed by atoms with van der Waals surface area (Å²) < 4.78 is 5.77. The molecule has 1 aromatic carbocycles. The van der Waals surface area contributed by atoms with Gasteiger partial charge in [-0.1, -0.05) is 18.2 Å². The van der Waals surface area contributed by atoms with Gasteiger partial charge in [0, 0.05) is 23.7 Å². The molecule has 2 amide bonds. The van der Waals surface area contributed by atoms with Crippen molar-refractivity contribution in [1.29, 1.82) is 0 Å². The summed E-state index contributed by atoms with van der Waals surface area (Å²) in [7, 11) is 0. The smallest absolute Gasteiger partial charge is 0.265 e. The lowest BCUT2D eigenvalue weighted by atomic mass is 10.0. The summed E-state index contributed by atoms with van der Waals surface area (Å²) in [6.45, 7) is 6.08. The van der Waals surface area contributed by atoms with Crippen LogP contribution in [0.5, 0.6) is 5.75 Å². The molecule has 2 aromatic rings. The highest BCUT2D eigenvalue weighted by molar-refractivity contribution is 7.13. The summed E-state index contributed by atoms with van der Waals surface area (Å²) in [5.41, 5.74) is 1.54. The van der Waals surface area contributed by atoms with Gasteiger partial charge < -0.3 is 15.4 Å². The number of nitrogens with one attached hydrogen (secondary N) is 2. The highest BCUT2D eigenvalue weighted by atomic mass is 35.5. The van der Waals surface area contributed by atoms with Crippen LogP contribution in [0, 0.1) is 6.92 Å². The summed E-state index contributed by atoms with van der Waals surface area (Å²) in [4.78, 5) is 29.0. The van der Waals surface area contributed by atoms with E-state index in [-0.39, 0.29) is 11.8 Å². The molecule has 0 spiro atoms. The van der Waals surface area contributed by atoms with Crippen molar-refractivity contribution >= 4 is 34.8 Å². The maximum atomic E-state index is 12.4. The number of carbonyl (C=O) groups excluding carboxylic acids is 2. The molecule has 0 fully saturated rings. The average molecular weight is 406 g/mol. The Hall–Kier alpha value is -2.38. The van der Waals surface area contributed by atoms with Crippen LogP contribution in [0.3, 0.4) is 0 Å². The van der Waals surface area contributed by atoms with Crippen LogP contribution in [-0.2, 0) is 11.2 Å². The number of halogens is 1. The highest BCUT2D eigenvalue weighted by Crippen LogP contribution is 2.30. The number of rotatable bonds is 6. The third-order valence-corrected chi connectivity index (χ3v) is 5.26. The van der Waals surface area contributed by atoms with Gasteiger partial charge in [-0.05, 0) is 43.5 Å². The first-order chi connectivity index (χ1) is 12.9. The monoisotopic (exact) mass is 405 g/mol. The van der Waals surface area contributed by atoms with E-state index in [9.17, 15) is 9.59 Å². The van der Waals surface area contributed by atoms with Crippen LogP contribution in [0.4, 0.5) is 0 Å². The Labute approximate surface area is 166 Å². The number of thiazole rings is 1. The fraction of sp³-hybridized carbons (Fsp3) is 0.316. The summed E-state index contributed by atoms with van der Waals surface area (Å²) in [6, 6.07) is 5.38. The van der Waals surface area contributed by atoms with E-state index in [0.29, 0.717) is 40.7 Å². The summed E-state index contributed by atoms with van der Waals surface area (Å²) in [5.74, 6) is 0.277. The number of fused-ring (bicyclic) bond motifs is 1. The molecular weight excluding hydrogens is 386 g/mol. The molecule has 1 aliphatic rings. The zero-order valence-electron chi connectivity index (χ0n) is 14.9. The van der Waals surface area contributed by atoms with Crippen molar-refractivity contribution in [2.45, 2.75) is 32.3 Å². The Morgan fingerprint density at radius 3 is 3.00 bits per heavy atom. The maximum absolute atomic E-state index is 12.4. The van der Waals surface area contributed by atoms with Crippen LogP contribution in [0.25, 0.3) is 0 Å². The predicted octanol–water partition coefficient (Wildman–Crippen LogP) is 3.25. The molecule has 6 nitrogen and oxygen atoms in total. The summed E-state index contributed by atoms with van der Waals surface area (Å²) in [6.07, 6.45) is 2.73. The molecule has 3 rings (SSSR count). The van der Waals surface area contributed by atoms with E-state index in [1.807, 2.05) is 13.0 Å². The third kappa shape index (κ3) is 5.08. The van der Waals surface area contributed by atoms with E-state index < -0.39 is 6.10 Å². The lowest BCUT2D eigenvalue weighted by Gasteiger charge is -2.25. The second kappa shape index (κ2) is 8.54. The molecule has 0 unspecified atom stereocenters. The molecule has 0 saturated carbocycles. The minimum absolute atomic E-state index is 0.175. The van der Waals surface area contributed by atoms with Gasteiger partial charge >= 0.3 is 0 Å². The summed E-state index contributed by atoms with van der Waals surface area (Å²) in [5, 5.41) is 7.05. The van der Waals surface area contributed by atoms with Gasteiger partial charge in [-0.25, -0.2) is 4.98 Å². The van der Waals surface area contributed by atoms with Gasteiger partial charge in [0.1, 0.15) is 10.6 Å². The van der Waals surface area contributed by atoms with E-state index in [2.05, 4.69) is 22.2 Å². The number of hydrogen-bond acceptors (Lipinski definition) is 5. The minimum atomic E-state index is -0.565. The number of ether oxygens (including phenoxy) is 1. The van der Waals surface area contributed by atoms with Gasteiger partial charge in [-0.3, -0.25) is 9.59 Å². The Bertz CT molecular complexity index is 881. The second-order valence-corrected chi connectivity index (χ2v) is 7.91. The first kappa shape index (κ1) is 19.4. The van der Waals surface area contributed by atoms with Crippen molar-refractivity contribution in [2.24, 2.45) is 0 Å². The Morgan fingerprint density at radius 1 is 1.44 bits per heavy atom. The highest BCUT2D eigenvalue weighted by Gasteiger charge is 2.26. The standard InChI is InChI=1S/C19H20ClN3O3S/c1-11(7-8-21-19(25)17-10-22-12(2)27-17)23-18(24)16-5-3-13-9-14(20)4-6-15(13)26-16/h4,6,9-10,16H,1,3,5,7-8H2,2H3,(H,21,25)(H,23,24)/t16-/m1/s1. The van der Waals surface area contributed by atoms with E-state index in [1.54, 1.807) is 18.3 Å². The normalized spacial score (nSPS) is 15.4. The second-order valence-electron chi connectivity index (χ2n) is 6.24. The number of nitrogens with zero attached hydrogens (tertiary/aromatic N) is 1. The van der Waals surface area contributed by atoms with E-state index in [0.717, 1.165) is 17.0 Å². The number of amides is 2. The lowest BCUT2D eigenvalue weighted by Crippen LogP contribution is -2.40. The molecular formula is C19H20ClN3O3S. The van der Waals surface area contributed by atoms with E-state index in [1.165, 1.54) is 11.3 Å². The molecule has 0 bridgehead atoms. The lowest BCUT2D eigenvalue weighted by molar-refractivity contribution is -0.127. The van der Waals surface area contributed by atoms with Crippen LogP contribution in [-0.4, -0.2) is 29.4 Å². The van der Waals surface area contributed by atoms with Crippen molar-refractivity contribution < 1.29 is 14.3 Å². The molecule has 2 N–H and O–H groups in total. The van der Waals surface area contributed by atoms with Gasteiger partial charge in [-0.15, -0.1) is 11.3 Å². The SMILES string of the molecule is C=C(CCNC(=O)c1cnc(C)s1)NC(=O)[C@H]1CCc2cc(Cl)ccc2O1. The molecule has 1 aliphatic heterocycles. The molecule has 1 atom stereocenters. The molecule has 1 aromatic heterocycles. The van der Waals surface area contributed by atoms with Crippen LogP contribution in [0.15, 0.2) is 36.7 Å². The van der Waals surface area contributed by atoms with Crippen LogP contribution in [0.2, 0.25) is 5.02 Å². The molecule has 2 heterocycles. The van der Waals surface area contributed by atoms with Crippen LogP contribution < -0.4 is 15.4 Å². The predicted molar refractivity (Wildman–Crippen MR) is 105 cm³/mol. The van der Waals surface area contributed by atoms with Crippen LogP contribution >= 0.6 is 22.9 Å². The fourth-order valence-corrected chi connectivity index (χ4v) is 3.63. The van der Waals surface area contributed by atoms with Gasteiger partial charge in [0.05, 0.1) is 11.2 Å². The van der Waals surface area contributed by atoms with Crippen molar-refractivity contribution in [3.05, 3.63) is 57.1 Å². The van der Waals surface area contributed by atoms with Gasteiger partial charge in [-0.2, -0.15) is 0 Å². The van der Waals surface area contributed by atoms with Gasteiger partial charge in [0.15, 0.2) is 6.10 Å². The number of aryl methyl sites for hydroxylation is 2. The van der Waals surface area contributed by atoms with Crippen molar-refractivity contribution in [3.63, 3.8) is 0 Å². The van der Waals surface area contributed by atoms with Gasteiger partial charge in [0.2, 0.25) is 0 Å². The van der Waals surface area contributed by atoms with Crippen molar-refractivity contribution in [2.75, 3.05) is 6.54 Å². The summed E-state index contributed by atoms with van der Waals surface area (Å²) >= 11 is 7.32. The fourth-order valence-electron chi connectivity index (χ4n) is 2.74.